The Bertz CT molecular complexity index is 678. The van der Waals surface area contributed by atoms with Crippen molar-refractivity contribution in [2.75, 3.05) is 32.5 Å². The highest BCUT2D eigenvalue weighted by Crippen LogP contribution is 2.07. The zero-order valence-electron chi connectivity index (χ0n) is 13.9. The van der Waals surface area contributed by atoms with Gasteiger partial charge in [-0.25, -0.2) is 14.4 Å². The molecule has 1 amide bonds. The van der Waals surface area contributed by atoms with Crippen LogP contribution in [0.4, 0.5) is 10.2 Å². The molecule has 0 saturated heterocycles. The standard InChI is InChI=1S/C17H22FN5O/c1-23(2)9-5-8-19-16-10-15(21-12-22-16)17(24)20-11-13-6-3-4-7-14(13)18/h3-4,6-7,10,12H,5,8-9,11H2,1-2H3,(H,20,24)(H,19,21,22). The summed E-state index contributed by atoms with van der Waals surface area (Å²) >= 11 is 0. The van der Waals surface area contributed by atoms with Crippen molar-refractivity contribution in [1.82, 2.24) is 20.2 Å². The van der Waals surface area contributed by atoms with Crippen LogP contribution in [0.5, 0.6) is 0 Å². The number of aromatic nitrogens is 2. The molecule has 0 spiro atoms. The van der Waals surface area contributed by atoms with Crippen LogP contribution in [0.15, 0.2) is 36.7 Å². The Morgan fingerprint density at radius 1 is 1.25 bits per heavy atom. The summed E-state index contributed by atoms with van der Waals surface area (Å²) in [6.07, 6.45) is 2.30. The summed E-state index contributed by atoms with van der Waals surface area (Å²) in [5.41, 5.74) is 0.679. The maximum Gasteiger partial charge on any atom is 0.270 e. The van der Waals surface area contributed by atoms with Gasteiger partial charge in [-0.1, -0.05) is 18.2 Å². The van der Waals surface area contributed by atoms with Gasteiger partial charge in [-0.05, 0) is 33.1 Å². The molecule has 0 fully saturated rings. The van der Waals surface area contributed by atoms with Gasteiger partial charge in [0.1, 0.15) is 23.7 Å². The molecule has 24 heavy (non-hydrogen) atoms. The maximum absolute atomic E-state index is 13.5. The molecule has 0 aliphatic rings. The quantitative estimate of drug-likeness (QED) is 0.723. The normalized spacial score (nSPS) is 10.7. The minimum absolute atomic E-state index is 0.112. The molecule has 1 aromatic heterocycles. The zero-order chi connectivity index (χ0) is 17.4. The highest BCUT2D eigenvalue weighted by atomic mass is 19.1. The molecule has 2 N–H and O–H groups in total. The molecule has 1 heterocycles. The van der Waals surface area contributed by atoms with E-state index in [1.165, 1.54) is 12.4 Å². The molecule has 0 radical (unpaired) electrons. The monoisotopic (exact) mass is 331 g/mol. The number of hydrogen-bond donors (Lipinski definition) is 2. The lowest BCUT2D eigenvalue weighted by atomic mass is 10.2. The average Bonchev–Trinajstić information content (AvgIpc) is 2.58. The van der Waals surface area contributed by atoms with Crippen LogP contribution in [0.1, 0.15) is 22.5 Å². The Kier molecular flexibility index (Phi) is 6.62. The lowest BCUT2D eigenvalue weighted by Crippen LogP contribution is -2.24. The molecule has 1 aromatic carbocycles. The van der Waals surface area contributed by atoms with Gasteiger partial charge in [0.2, 0.25) is 0 Å². The maximum atomic E-state index is 13.5. The molecular weight excluding hydrogens is 309 g/mol. The van der Waals surface area contributed by atoms with Crippen molar-refractivity contribution in [3.63, 3.8) is 0 Å². The number of halogens is 1. The second-order valence-electron chi connectivity index (χ2n) is 5.65. The van der Waals surface area contributed by atoms with Gasteiger partial charge in [0.25, 0.3) is 5.91 Å². The predicted octanol–water partition coefficient (Wildman–Crippen LogP) is 1.91. The number of amides is 1. The van der Waals surface area contributed by atoms with E-state index in [-0.39, 0.29) is 24.0 Å². The van der Waals surface area contributed by atoms with Crippen LogP contribution in [-0.4, -0.2) is 48.0 Å². The van der Waals surface area contributed by atoms with Gasteiger partial charge >= 0.3 is 0 Å². The molecule has 128 valence electrons. The Labute approximate surface area is 141 Å². The summed E-state index contributed by atoms with van der Waals surface area (Å²) in [6.45, 7) is 1.83. The van der Waals surface area contributed by atoms with Crippen LogP contribution in [-0.2, 0) is 6.54 Å². The molecule has 0 saturated carbocycles. The third kappa shape index (κ3) is 5.58. The molecule has 2 aromatic rings. The van der Waals surface area contributed by atoms with E-state index >= 15 is 0 Å². The number of nitrogens with one attached hydrogen (secondary N) is 2. The Morgan fingerprint density at radius 3 is 2.79 bits per heavy atom. The molecule has 0 aliphatic heterocycles. The van der Waals surface area contributed by atoms with E-state index in [4.69, 9.17) is 0 Å². The fourth-order valence-electron chi connectivity index (χ4n) is 2.10. The van der Waals surface area contributed by atoms with Crippen molar-refractivity contribution in [2.45, 2.75) is 13.0 Å². The third-order valence-corrected chi connectivity index (χ3v) is 3.39. The summed E-state index contributed by atoms with van der Waals surface area (Å²) in [5, 5.41) is 5.82. The van der Waals surface area contributed by atoms with Crippen LogP contribution < -0.4 is 10.6 Å². The van der Waals surface area contributed by atoms with Crippen molar-refractivity contribution in [2.24, 2.45) is 0 Å². The molecule has 0 atom stereocenters. The van der Waals surface area contributed by atoms with Crippen LogP contribution in [0.2, 0.25) is 0 Å². The van der Waals surface area contributed by atoms with Crippen molar-refractivity contribution >= 4 is 11.7 Å². The smallest absolute Gasteiger partial charge is 0.270 e. The van der Waals surface area contributed by atoms with Crippen molar-refractivity contribution < 1.29 is 9.18 Å². The first-order chi connectivity index (χ1) is 11.6. The van der Waals surface area contributed by atoms with Crippen molar-refractivity contribution in [1.29, 1.82) is 0 Å². The van der Waals surface area contributed by atoms with Gasteiger partial charge in [-0.3, -0.25) is 4.79 Å². The highest BCUT2D eigenvalue weighted by molar-refractivity contribution is 5.92. The molecule has 2 rings (SSSR count). The van der Waals surface area contributed by atoms with Gasteiger partial charge in [-0.15, -0.1) is 0 Å². The number of anilines is 1. The van der Waals surface area contributed by atoms with Crippen molar-refractivity contribution in [3.05, 3.63) is 53.7 Å². The molecule has 7 heteroatoms. The van der Waals surface area contributed by atoms with Crippen molar-refractivity contribution in [3.8, 4) is 0 Å². The second-order valence-corrected chi connectivity index (χ2v) is 5.65. The number of carbonyl (C=O) groups excluding carboxylic acids is 1. The summed E-state index contributed by atoms with van der Waals surface area (Å²) < 4.78 is 13.5. The lowest BCUT2D eigenvalue weighted by Gasteiger charge is -2.10. The number of benzene rings is 1. The Morgan fingerprint density at radius 2 is 2.04 bits per heavy atom. The van der Waals surface area contributed by atoms with Gasteiger partial charge in [-0.2, -0.15) is 0 Å². The minimum Gasteiger partial charge on any atom is -0.370 e. The van der Waals surface area contributed by atoms with E-state index in [1.807, 2.05) is 14.1 Å². The summed E-state index contributed by atoms with van der Waals surface area (Å²) in [6, 6.07) is 7.92. The third-order valence-electron chi connectivity index (χ3n) is 3.39. The first-order valence-electron chi connectivity index (χ1n) is 7.78. The van der Waals surface area contributed by atoms with E-state index < -0.39 is 0 Å². The lowest BCUT2D eigenvalue weighted by molar-refractivity contribution is 0.0945. The Balaban J connectivity index is 1.88. The van der Waals surface area contributed by atoms with Crippen LogP contribution >= 0.6 is 0 Å². The minimum atomic E-state index is -0.364. The first kappa shape index (κ1) is 17.8. The SMILES string of the molecule is CN(C)CCCNc1cc(C(=O)NCc2ccccc2F)ncn1. The van der Waals surface area contributed by atoms with Crippen LogP contribution in [0.3, 0.4) is 0 Å². The largest absolute Gasteiger partial charge is 0.370 e. The van der Waals surface area contributed by atoms with E-state index in [1.54, 1.807) is 24.3 Å². The number of carbonyl (C=O) groups is 1. The van der Waals surface area contributed by atoms with Crippen LogP contribution in [0.25, 0.3) is 0 Å². The average molecular weight is 331 g/mol. The predicted molar refractivity (Wildman–Crippen MR) is 91.3 cm³/mol. The second kappa shape index (κ2) is 8.93. The number of hydrogen-bond acceptors (Lipinski definition) is 5. The zero-order valence-corrected chi connectivity index (χ0v) is 13.9. The molecule has 0 bridgehead atoms. The molecular formula is C17H22FN5O. The highest BCUT2D eigenvalue weighted by Gasteiger charge is 2.09. The Hall–Kier alpha value is -2.54. The molecule has 6 nitrogen and oxygen atoms in total. The summed E-state index contributed by atoms with van der Waals surface area (Å²) in [4.78, 5) is 22.3. The van der Waals surface area contributed by atoms with E-state index in [0.717, 1.165) is 19.5 Å². The topological polar surface area (TPSA) is 70.2 Å². The van der Waals surface area contributed by atoms with Gasteiger partial charge < -0.3 is 15.5 Å². The fraction of sp³-hybridized carbons (Fsp3) is 0.353. The fourth-order valence-corrected chi connectivity index (χ4v) is 2.10. The molecule has 0 unspecified atom stereocenters. The first-order valence-corrected chi connectivity index (χ1v) is 7.78. The van der Waals surface area contributed by atoms with Crippen LogP contribution in [0, 0.1) is 5.82 Å². The number of rotatable bonds is 8. The summed E-state index contributed by atoms with van der Waals surface area (Å²) in [7, 11) is 4.03. The van der Waals surface area contributed by atoms with E-state index in [0.29, 0.717) is 11.4 Å². The molecule has 0 aliphatic carbocycles. The van der Waals surface area contributed by atoms with E-state index in [2.05, 4.69) is 25.5 Å². The van der Waals surface area contributed by atoms with Gasteiger partial charge in [0.05, 0.1) is 0 Å². The number of nitrogens with zero attached hydrogens (tertiary/aromatic N) is 3. The summed E-state index contributed by atoms with van der Waals surface area (Å²) in [5.74, 6) is -0.111. The van der Waals surface area contributed by atoms with Gasteiger partial charge in [0.15, 0.2) is 0 Å². The van der Waals surface area contributed by atoms with E-state index in [9.17, 15) is 9.18 Å². The van der Waals surface area contributed by atoms with Gasteiger partial charge in [0, 0.05) is 24.7 Å².